The van der Waals surface area contributed by atoms with E-state index in [9.17, 15) is 9.59 Å². The zero-order valence-electron chi connectivity index (χ0n) is 14.3. The molecule has 2 aromatic rings. The molecule has 5 nitrogen and oxygen atoms in total. The average Bonchev–Trinajstić information content (AvgIpc) is 3.17. The maximum atomic E-state index is 12.3. The van der Waals surface area contributed by atoms with Crippen LogP contribution in [0.5, 0.6) is 0 Å². The molecular weight excluding hydrogens is 316 g/mol. The van der Waals surface area contributed by atoms with Crippen LogP contribution in [0.1, 0.15) is 39.1 Å². The molecule has 1 aliphatic heterocycles. The fourth-order valence-electron chi connectivity index (χ4n) is 2.92. The van der Waals surface area contributed by atoms with E-state index in [0.29, 0.717) is 23.4 Å². The average molecular weight is 338 g/mol. The number of methoxy groups -OCH3 is 1. The van der Waals surface area contributed by atoms with Gasteiger partial charge in [-0.15, -0.1) is 0 Å². The van der Waals surface area contributed by atoms with E-state index in [2.05, 4.69) is 5.32 Å². The first-order valence-electron chi connectivity index (χ1n) is 8.46. The summed E-state index contributed by atoms with van der Waals surface area (Å²) in [5.74, 6) is -0.119. The van der Waals surface area contributed by atoms with E-state index in [1.165, 1.54) is 0 Å². The van der Waals surface area contributed by atoms with Crippen molar-refractivity contribution in [3.63, 3.8) is 0 Å². The summed E-state index contributed by atoms with van der Waals surface area (Å²) in [5.41, 5.74) is 2.92. The van der Waals surface area contributed by atoms with Crippen molar-refractivity contribution in [2.24, 2.45) is 0 Å². The van der Waals surface area contributed by atoms with Crippen LogP contribution < -0.4 is 5.32 Å². The number of ether oxygens (including phenoxy) is 1. The van der Waals surface area contributed by atoms with Crippen LogP contribution in [0.15, 0.2) is 48.5 Å². The monoisotopic (exact) mass is 338 g/mol. The van der Waals surface area contributed by atoms with Gasteiger partial charge in [-0.3, -0.25) is 9.59 Å². The number of likely N-dealkylation sites (tertiary alicyclic amines) is 1. The van der Waals surface area contributed by atoms with E-state index in [0.717, 1.165) is 31.5 Å². The summed E-state index contributed by atoms with van der Waals surface area (Å²) in [5, 5.41) is 2.85. The van der Waals surface area contributed by atoms with Crippen molar-refractivity contribution in [3.05, 3.63) is 65.2 Å². The van der Waals surface area contributed by atoms with Gasteiger partial charge in [0.15, 0.2) is 0 Å². The molecule has 0 saturated carbocycles. The standard InChI is InChI=1S/C20H22N2O3/c1-25-14-15-4-6-16(7-5-15)19(23)21-18-10-8-17(9-11-18)20(24)22-12-2-3-13-22/h4-11H,2-3,12-14H2,1H3,(H,21,23). The molecule has 2 amide bonds. The smallest absolute Gasteiger partial charge is 0.255 e. The molecule has 1 N–H and O–H groups in total. The van der Waals surface area contributed by atoms with E-state index < -0.39 is 0 Å². The molecule has 5 heteroatoms. The van der Waals surface area contributed by atoms with Gasteiger partial charge in [0.25, 0.3) is 11.8 Å². The summed E-state index contributed by atoms with van der Waals surface area (Å²) in [6.07, 6.45) is 2.14. The SMILES string of the molecule is COCc1ccc(C(=O)Nc2ccc(C(=O)N3CCCC3)cc2)cc1. The zero-order chi connectivity index (χ0) is 17.6. The summed E-state index contributed by atoms with van der Waals surface area (Å²) in [6, 6.07) is 14.3. The second-order valence-electron chi connectivity index (χ2n) is 6.16. The van der Waals surface area contributed by atoms with Gasteiger partial charge in [0.1, 0.15) is 0 Å². The second-order valence-corrected chi connectivity index (χ2v) is 6.16. The second kappa shape index (κ2) is 7.94. The molecule has 0 radical (unpaired) electrons. The fraction of sp³-hybridized carbons (Fsp3) is 0.300. The van der Waals surface area contributed by atoms with Crippen LogP contribution in [0, 0.1) is 0 Å². The van der Waals surface area contributed by atoms with Gasteiger partial charge in [-0.1, -0.05) is 12.1 Å². The third-order valence-electron chi connectivity index (χ3n) is 4.31. The van der Waals surface area contributed by atoms with Crippen molar-refractivity contribution in [2.45, 2.75) is 19.4 Å². The van der Waals surface area contributed by atoms with Crippen LogP contribution in [-0.2, 0) is 11.3 Å². The number of amides is 2. The molecule has 3 rings (SSSR count). The Labute approximate surface area is 147 Å². The van der Waals surface area contributed by atoms with Gasteiger partial charge in [-0.25, -0.2) is 0 Å². The summed E-state index contributed by atoms with van der Waals surface area (Å²) in [4.78, 5) is 26.5. The highest BCUT2D eigenvalue weighted by Gasteiger charge is 2.19. The highest BCUT2D eigenvalue weighted by atomic mass is 16.5. The number of rotatable bonds is 5. The number of nitrogens with one attached hydrogen (secondary N) is 1. The van der Waals surface area contributed by atoms with Gasteiger partial charge in [-0.2, -0.15) is 0 Å². The number of carbonyl (C=O) groups is 2. The molecule has 0 spiro atoms. The lowest BCUT2D eigenvalue weighted by atomic mass is 10.1. The van der Waals surface area contributed by atoms with E-state index >= 15 is 0 Å². The molecule has 0 aromatic heterocycles. The summed E-state index contributed by atoms with van der Waals surface area (Å²) in [7, 11) is 1.64. The molecule has 130 valence electrons. The largest absolute Gasteiger partial charge is 0.380 e. The van der Waals surface area contributed by atoms with Crippen molar-refractivity contribution in [1.82, 2.24) is 4.90 Å². The maximum Gasteiger partial charge on any atom is 0.255 e. The van der Waals surface area contributed by atoms with Crippen LogP contribution >= 0.6 is 0 Å². The van der Waals surface area contributed by atoms with Gasteiger partial charge < -0.3 is 15.0 Å². The van der Waals surface area contributed by atoms with E-state index in [4.69, 9.17) is 4.74 Å². The minimum absolute atomic E-state index is 0.0594. The third kappa shape index (κ3) is 4.25. The van der Waals surface area contributed by atoms with Crippen molar-refractivity contribution >= 4 is 17.5 Å². The Hall–Kier alpha value is -2.66. The lowest BCUT2D eigenvalue weighted by molar-refractivity contribution is 0.0792. The van der Waals surface area contributed by atoms with Crippen LogP contribution in [0.25, 0.3) is 0 Å². The van der Waals surface area contributed by atoms with Gasteiger partial charge in [-0.05, 0) is 54.8 Å². The third-order valence-corrected chi connectivity index (χ3v) is 4.31. The number of anilines is 1. The highest BCUT2D eigenvalue weighted by molar-refractivity contribution is 6.04. The molecule has 1 aliphatic rings. The maximum absolute atomic E-state index is 12.3. The van der Waals surface area contributed by atoms with E-state index in [1.807, 2.05) is 17.0 Å². The molecule has 0 unspecified atom stereocenters. The molecule has 1 heterocycles. The topological polar surface area (TPSA) is 58.6 Å². The molecule has 0 bridgehead atoms. The zero-order valence-corrected chi connectivity index (χ0v) is 14.3. The predicted molar refractivity (Wildman–Crippen MR) is 96.7 cm³/mol. The van der Waals surface area contributed by atoms with Gasteiger partial charge in [0.2, 0.25) is 0 Å². The van der Waals surface area contributed by atoms with Crippen molar-refractivity contribution in [1.29, 1.82) is 0 Å². The number of carbonyl (C=O) groups excluding carboxylic acids is 2. The number of benzene rings is 2. The van der Waals surface area contributed by atoms with Crippen LogP contribution in [-0.4, -0.2) is 36.9 Å². The lowest BCUT2D eigenvalue weighted by Crippen LogP contribution is -2.27. The summed E-state index contributed by atoms with van der Waals surface area (Å²) >= 11 is 0. The Kier molecular flexibility index (Phi) is 5.46. The molecule has 1 fully saturated rings. The number of hydrogen-bond acceptors (Lipinski definition) is 3. The minimum Gasteiger partial charge on any atom is -0.380 e. The molecule has 0 aliphatic carbocycles. The number of hydrogen-bond donors (Lipinski definition) is 1. The molecule has 0 atom stereocenters. The van der Waals surface area contributed by atoms with Crippen LogP contribution in [0.3, 0.4) is 0 Å². The normalized spacial score (nSPS) is 13.7. The Morgan fingerprint density at radius 1 is 0.960 bits per heavy atom. The van der Waals surface area contributed by atoms with Crippen LogP contribution in [0.2, 0.25) is 0 Å². The Bertz CT molecular complexity index is 733. The molecule has 25 heavy (non-hydrogen) atoms. The predicted octanol–water partition coefficient (Wildman–Crippen LogP) is 3.32. The fourth-order valence-corrected chi connectivity index (χ4v) is 2.92. The molecule has 2 aromatic carbocycles. The Balaban J connectivity index is 1.62. The van der Waals surface area contributed by atoms with E-state index in [-0.39, 0.29) is 11.8 Å². The van der Waals surface area contributed by atoms with Gasteiger partial charge in [0.05, 0.1) is 6.61 Å². The van der Waals surface area contributed by atoms with Crippen molar-refractivity contribution < 1.29 is 14.3 Å². The summed E-state index contributed by atoms with van der Waals surface area (Å²) < 4.78 is 5.06. The first-order valence-corrected chi connectivity index (χ1v) is 8.46. The highest BCUT2D eigenvalue weighted by Crippen LogP contribution is 2.16. The first kappa shape index (κ1) is 17.2. The lowest BCUT2D eigenvalue weighted by Gasteiger charge is -2.15. The van der Waals surface area contributed by atoms with Gasteiger partial charge >= 0.3 is 0 Å². The van der Waals surface area contributed by atoms with Crippen molar-refractivity contribution in [2.75, 3.05) is 25.5 Å². The Morgan fingerprint density at radius 2 is 1.56 bits per heavy atom. The number of nitrogens with zero attached hydrogens (tertiary/aromatic N) is 1. The van der Waals surface area contributed by atoms with Crippen LogP contribution in [0.4, 0.5) is 5.69 Å². The first-order chi connectivity index (χ1) is 12.2. The van der Waals surface area contributed by atoms with Crippen molar-refractivity contribution in [3.8, 4) is 0 Å². The quantitative estimate of drug-likeness (QED) is 0.910. The molecule has 1 saturated heterocycles. The van der Waals surface area contributed by atoms with Gasteiger partial charge in [0, 0.05) is 37.0 Å². The molecular formula is C20H22N2O3. The minimum atomic E-state index is -0.178. The summed E-state index contributed by atoms with van der Waals surface area (Å²) in [6.45, 7) is 2.18. The Morgan fingerprint density at radius 3 is 2.16 bits per heavy atom. The van der Waals surface area contributed by atoms with E-state index in [1.54, 1.807) is 43.5 Å².